The smallest absolute Gasteiger partial charge is 0.152 e. The van der Waals surface area contributed by atoms with Crippen LogP contribution in [0.5, 0.6) is 0 Å². The first-order chi connectivity index (χ1) is 5.29. The number of ketones is 1. The van der Waals surface area contributed by atoms with Gasteiger partial charge in [-0.1, -0.05) is 6.08 Å². The molecule has 0 aromatic rings. The molecular weight excluding hydrogens is 142 g/mol. The molecule has 0 aliphatic carbocycles. The monoisotopic (exact) mass is 155 g/mol. The number of morpholine rings is 1. The molecule has 3 nitrogen and oxygen atoms in total. The van der Waals surface area contributed by atoms with Gasteiger partial charge in [0.15, 0.2) is 5.78 Å². The Morgan fingerprint density at radius 1 is 1.73 bits per heavy atom. The minimum absolute atomic E-state index is 0.0809. The Balaban J connectivity index is 2.29. The molecule has 11 heavy (non-hydrogen) atoms. The second-order valence-corrected chi connectivity index (χ2v) is 2.61. The van der Waals surface area contributed by atoms with Crippen LogP contribution in [0.1, 0.15) is 6.92 Å². The van der Waals surface area contributed by atoms with Crippen molar-refractivity contribution in [3.05, 3.63) is 12.2 Å². The lowest BCUT2D eigenvalue weighted by atomic mass is 10.2. The van der Waals surface area contributed by atoms with E-state index in [0.717, 1.165) is 13.2 Å². The van der Waals surface area contributed by atoms with Gasteiger partial charge in [0, 0.05) is 12.6 Å². The van der Waals surface area contributed by atoms with Crippen LogP contribution >= 0.6 is 0 Å². The summed E-state index contributed by atoms with van der Waals surface area (Å²) in [5.74, 6) is 0.0809. The van der Waals surface area contributed by atoms with Crippen molar-refractivity contribution < 1.29 is 9.53 Å². The topological polar surface area (TPSA) is 38.3 Å². The number of allylic oxidation sites excluding steroid dienone is 1. The molecule has 1 aliphatic rings. The van der Waals surface area contributed by atoms with E-state index in [4.69, 9.17) is 4.74 Å². The maximum absolute atomic E-state index is 10.5. The summed E-state index contributed by atoms with van der Waals surface area (Å²) in [5.41, 5.74) is 0. The van der Waals surface area contributed by atoms with Crippen molar-refractivity contribution >= 4 is 5.78 Å². The second-order valence-electron chi connectivity index (χ2n) is 2.61. The molecule has 1 unspecified atom stereocenters. The number of rotatable bonds is 2. The first-order valence-corrected chi connectivity index (χ1v) is 3.79. The van der Waals surface area contributed by atoms with Crippen molar-refractivity contribution in [2.24, 2.45) is 0 Å². The molecule has 1 N–H and O–H groups in total. The van der Waals surface area contributed by atoms with Crippen LogP contribution in [0.15, 0.2) is 12.2 Å². The normalized spacial score (nSPS) is 25.7. The molecule has 1 heterocycles. The summed E-state index contributed by atoms with van der Waals surface area (Å²) in [7, 11) is 0. The molecular formula is C8H13NO2. The van der Waals surface area contributed by atoms with Crippen LogP contribution in [-0.4, -0.2) is 31.6 Å². The van der Waals surface area contributed by atoms with Crippen LogP contribution in [-0.2, 0) is 9.53 Å². The van der Waals surface area contributed by atoms with Crippen molar-refractivity contribution in [2.45, 2.75) is 13.0 Å². The lowest BCUT2D eigenvalue weighted by Gasteiger charge is -2.20. The zero-order valence-electron chi connectivity index (χ0n) is 6.67. The zero-order chi connectivity index (χ0) is 8.10. The first kappa shape index (κ1) is 8.43. The molecule has 1 atom stereocenters. The quantitative estimate of drug-likeness (QED) is 0.576. The van der Waals surface area contributed by atoms with E-state index in [2.05, 4.69) is 5.32 Å². The second kappa shape index (κ2) is 4.26. The number of carbonyl (C=O) groups excluding carboxylic acids is 1. The molecule has 1 aliphatic heterocycles. The van der Waals surface area contributed by atoms with Gasteiger partial charge in [-0.25, -0.2) is 0 Å². The fourth-order valence-electron chi connectivity index (χ4n) is 0.961. The molecule has 3 heteroatoms. The van der Waals surface area contributed by atoms with E-state index >= 15 is 0 Å². The Kier molecular flexibility index (Phi) is 3.26. The van der Waals surface area contributed by atoms with Crippen molar-refractivity contribution in [1.82, 2.24) is 5.32 Å². The molecule has 0 radical (unpaired) electrons. The molecule has 62 valence electrons. The van der Waals surface area contributed by atoms with Gasteiger partial charge in [0.2, 0.25) is 0 Å². The number of carbonyl (C=O) groups is 1. The highest BCUT2D eigenvalue weighted by Gasteiger charge is 2.08. The van der Waals surface area contributed by atoms with Crippen molar-refractivity contribution in [3.8, 4) is 0 Å². The Morgan fingerprint density at radius 3 is 3.09 bits per heavy atom. The van der Waals surface area contributed by atoms with E-state index in [1.165, 1.54) is 0 Å². The Morgan fingerprint density at radius 2 is 2.55 bits per heavy atom. The van der Waals surface area contributed by atoms with Gasteiger partial charge in [-0.05, 0) is 13.0 Å². The summed E-state index contributed by atoms with van der Waals surface area (Å²) in [6, 6.07) is 0.215. The molecule has 0 saturated carbocycles. The maximum atomic E-state index is 10.5. The van der Waals surface area contributed by atoms with Gasteiger partial charge in [-0.2, -0.15) is 0 Å². The van der Waals surface area contributed by atoms with Crippen molar-refractivity contribution in [2.75, 3.05) is 19.8 Å². The van der Waals surface area contributed by atoms with Crippen molar-refractivity contribution in [1.29, 1.82) is 0 Å². The summed E-state index contributed by atoms with van der Waals surface area (Å²) in [6.07, 6.45) is 3.42. The molecule has 1 saturated heterocycles. The standard InChI is InChI=1S/C8H13NO2/c1-7(10)2-3-8-6-11-5-4-9-8/h2-3,8-9H,4-6H2,1H3/b3-2+. The summed E-state index contributed by atoms with van der Waals surface area (Å²) in [4.78, 5) is 10.5. The highest BCUT2D eigenvalue weighted by Crippen LogP contribution is 1.94. The third kappa shape index (κ3) is 3.30. The fraction of sp³-hybridized carbons (Fsp3) is 0.625. The third-order valence-electron chi connectivity index (χ3n) is 1.51. The van der Waals surface area contributed by atoms with E-state index in [1.807, 2.05) is 6.08 Å². The van der Waals surface area contributed by atoms with E-state index in [-0.39, 0.29) is 11.8 Å². The Bertz CT molecular complexity index is 159. The van der Waals surface area contributed by atoms with E-state index in [0.29, 0.717) is 6.61 Å². The van der Waals surface area contributed by atoms with Crippen LogP contribution in [0.2, 0.25) is 0 Å². The third-order valence-corrected chi connectivity index (χ3v) is 1.51. The van der Waals surface area contributed by atoms with Gasteiger partial charge >= 0.3 is 0 Å². The highest BCUT2D eigenvalue weighted by atomic mass is 16.5. The van der Waals surface area contributed by atoms with Crippen LogP contribution in [0.4, 0.5) is 0 Å². The average molecular weight is 155 g/mol. The predicted molar refractivity (Wildman–Crippen MR) is 42.4 cm³/mol. The van der Waals surface area contributed by atoms with Gasteiger partial charge < -0.3 is 10.1 Å². The number of hydrogen-bond acceptors (Lipinski definition) is 3. The SMILES string of the molecule is CC(=O)/C=C/C1COCCN1. The number of hydrogen-bond donors (Lipinski definition) is 1. The molecule has 0 bridgehead atoms. The summed E-state index contributed by atoms with van der Waals surface area (Å²) in [5, 5.41) is 3.21. The van der Waals surface area contributed by atoms with Gasteiger partial charge in [0.05, 0.1) is 13.2 Å². The molecule has 0 spiro atoms. The van der Waals surface area contributed by atoms with Gasteiger partial charge in [0.25, 0.3) is 0 Å². The predicted octanol–water partition coefficient (Wildman–Crippen LogP) is 0.120. The first-order valence-electron chi connectivity index (χ1n) is 3.79. The molecule has 0 aromatic heterocycles. The highest BCUT2D eigenvalue weighted by molar-refractivity contribution is 5.87. The number of nitrogens with one attached hydrogen (secondary N) is 1. The Labute approximate surface area is 66.4 Å². The molecule has 0 amide bonds. The number of ether oxygens (including phenoxy) is 1. The molecule has 0 aromatic carbocycles. The van der Waals surface area contributed by atoms with Crippen molar-refractivity contribution in [3.63, 3.8) is 0 Å². The lowest BCUT2D eigenvalue weighted by Crippen LogP contribution is -2.39. The average Bonchev–Trinajstić information content (AvgIpc) is 2.03. The molecule has 1 rings (SSSR count). The van der Waals surface area contributed by atoms with Crippen LogP contribution < -0.4 is 5.32 Å². The summed E-state index contributed by atoms with van der Waals surface area (Å²) < 4.78 is 5.19. The summed E-state index contributed by atoms with van der Waals surface area (Å²) >= 11 is 0. The van der Waals surface area contributed by atoms with Gasteiger partial charge in [-0.15, -0.1) is 0 Å². The minimum Gasteiger partial charge on any atom is -0.378 e. The van der Waals surface area contributed by atoms with E-state index in [1.54, 1.807) is 13.0 Å². The Hall–Kier alpha value is -0.670. The van der Waals surface area contributed by atoms with Crippen LogP contribution in [0.3, 0.4) is 0 Å². The van der Waals surface area contributed by atoms with Gasteiger partial charge in [-0.3, -0.25) is 4.79 Å². The van der Waals surface area contributed by atoms with Crippen LogP contribution in [0.25, 0.3) is 0 Å². The van der Waals surface area contributed by atoms with Crippen LogP contribution in [0, 0.1) is 0 Å². The largest absolute Gasteiger partial charge is 0.378 e. The summed E-state index contributed by atoms with van der Waals surface area (Å²) in [6.45, 7) is 3.85. The zero-order valence-corrected chi connectivity index (χ0v) is 6.67. The minimum atomic E-state index is 0.0809. The lowest BCUT2D eigenvalue weighted by molar-refractivity contribution is -0.112. The van der Waals surface area contributed by atoms with E-state index < -0.39 is 0 Å². The fourth-order valence-corrected chi connectivity index (χ4v) is 0.961. The molecule has 1 fully saturated rings. The maximum Gasteiger partial charge on any atom is 0.152 e. The van der Waals surface area contributed by atoms with E-state index in [9.17, 15) is 4.79 Å². The van der Waals surface area contributed by atoms with Gasteiger partial charge in [0.1, 0.15) is 0 Å².